The Kier molecular flexibility index (Phi) is 2.74. The van der Waals surface area contributed by atoms with Crippen molar-refractivity contribution in [3.8, 4) is 0 Å². The normalized spacial score (nSPS) is 16.5. The Hall–Kier alpha value is -1.90. The Labute approximate surface area is 106 Å². The van der Waals surface area contributed by atoms with E-state index in [4.69, 9.17) is 4.74 Å². The lowest BCUT2D eigenvalue weighted by Gasteiger charge is -2.12. The van der Waals surface area contributed by atoms with Crippen molar-refractivity contribution >= 4 is 16.7 Å². The van der Waals surface area contributed by atoms with E-state index in [0.29, 0.717) is 11.6 Å². The molecule has 0 bridgehead atoms. The van der Waals surface area contributed by atoms with Crippen LogP contribution >= 0.6 is 0 Å². The molecule has 3 nitrogen and oxygen atoms in total. The third-order valence-electron chi connectivity index (χ3n) is 3.45. The summed E-state index contributed by atoms with van der Waals surface area (Å²) in [5.41, 5.74) is 0.417. The largest absolute Gasteiger partial charge is 0.458 e. The number of rotatable bonds is 3. The van der Waals surface area contributed by atoms with Gasteiger partial charge in [0.2, 0.25) is 0 Å². The zero-order valence-corrected chi connectivity index (χ0v) is 10.3. The van der Waals surface area contributed by atoms with Crippen LogP contribution in [0, 0.1) is 5.92 Å². The summed E-state index contributed by atoms with van der Waals surface area (Å²) in [5, 5.41) is 1.87. The van der Waals surface area contributed by atoms with Crippen molar-refractivity contribution in [1.82, 2.24) is 4.98 Å². The van der Waals surface area contributed by atoms with E-state index in [1.807, 2.05) is 37.3 Å². The molecular weight excluding hydrogens is 226 g/mol. The van der Waals surface area contributed by atoms with Gasteiger partial charge in [-0.25, -0.2) is 9.78 Å². The minimum Gasteiger partial charge on any atom is -0.458 e. The van der Waals surface area contributed by atoms with Crippen LogP contribution in [0.5, 0.6) is 0 Å². The van der Waals surface area contributed by atoms with Crippen molar-refractivity contribution in [2.75, 3.05) is 0 Å². The Morgan fingerprint density at radius 1 is 1.33 bits per heavy atom. The van der Waals surface area contributed by atoms with E-state index >= 15 is 0 Å². The van der Waals surface area contributed by atoms with Gasteiger partial charge in [0.15, 0.2) is 5.69 Å². The molecule has 1 aromatic heterocycles. The lowest BCUT2D eigenvalue weighted by atomic mass is 10.1. The van der Waals surface area contributed by atoms with Crippen LogP contribution in [0.1, 0.15) is 30.3 Å². The molecule has 0 spiro atoms. The van der Waals surface area contributed by atoms with Gasteiger partial charge in [-0.2, -0.15) is 0 Å². The topological polar surface area (TPSA) is 39.2 Å². The lowest BCUT2D eigenvalue weighted by Crippen LogP contribution is -2.18. The first-order valence-electron chi connectivity index (χ1n) is 6.30. The van der Waals surface area contributed by atoms with Gasteiger partial charge in [0, 0.05) is 11.6 Å². The number of hydrogen-bond acceptors (Lipinski definition) is 3. The number of carbonyl (C=O) groups is 1. The van der Waals surface area contributed by atoms with E-state index in [1.54, 1.807) is 6.20 Å². The molecule has 0 aliphatic heterocycles. The quantitative estimate of drug-likeness (QED) is 0.775. The van der Waals surface area contributed by atoms with Crippen LogP contribution in [-0.4, -0.2) is 17.1 Å². The molecule has 3 rings (SSSR count). The van der Waals surface area contributed by atoms with Gasteiger partial charge in [0.1, 0.15) is 6.10 Å². The smallest absolute Gasteiger partial charge is 0.357 e. The van der Waals surface area contributed by atoms with Gasteiger partial charge in [0.25, 0.3) is 0 Å². The third kappa shape index (κ3) is 2.08. The summed E-state index contributed by atoms with van der Waals surface area (Å²) in [4.78, 5) is 16.3. The fourth-order valence-electron chi connectivity index (χ4n) is 2.17. The summed E-state index contributed by atoms with van der Waals surface area (Å²) in [5.74, 6) is 0.232. The number of ether oxygens (including phenoxy) is 1. The summed E-state index contributed by atoms with van der Waals surface area (Å²) in [6.45, 7) is 1.96. The number of benzene rings is 1. The predicted molar refractivity (Wildman–Crippen MR) is 69.3 cm³/mol. The van der Waals surface area contributed by atoms with Crippen LogP contribution < -0.4 is 0 Å². The maximum atomic E-state index is 12.1. The SMILES string of the molecule is C[C@@H](OC(=O)c1nccc2ccccc12)C1CC1. The number of carbonyl (C=O) groups excluding carboxylic acids is 1. The van der Waals surface area contributed by atoms with Gasteiger partial charge < -0.3 is 4.74 Å². The molecule has 0 unspecified atom stereocenters. The maximum Gasteiger partial charge on any atom is 0.357 e. The molecule has 1 aliphatic rings. The Morgan fingerprint density at radius 3 is 2.89 bits per heavy atom. The molecule has 1 saturated carbocycles. The van der Waals surface area contributed by atoms with Crippen LogP contribution in [0.2, 0.25) is 0 Å². The third-order valence-corrected chi connectivity index (χ3v) is 3.45. The summed E-state index contributed by atoms with van der Waals surface area (Å²) in [6.07, 6.45) is 3.98. The molecular formula is C15H15NO2. The molecule has 0 amide bonds. The van der Waals surface area contributed by atoms with E-state index in [1.165, 1.54) is 0 Å². The molecule has 18 heavy (non-hydrogen) atoms. The number of esters is 1. The van der Waals surface area contributed by atoms with Crippen molar-refractivity contribution < 1.29 is 9.53 Å². The first-order chi connectivity index (χ1) is 8.75. The Bertz CT molecular complexity index is 585. The molecule has 92 valence electrons. The van der Waals surface area contributed by atoms with E-state index < -0.39 is 0 Å². The number of hydrogen-bond donors (Lipinski definition) is 0. The minimum atomic E-state index is -0.314. The first-order valence-corrected chi connectivity index (χ1v) is 6.30. The van der Waals surface area contributed by atoms with E-state index in [9.17, 15) is 4.79 Å². The van der Waals surface area contributed by atoms with E-state index in [0.717, 1.165) is 23.6 Å². The van der Waals surface area contributed by atoms with Crippen molar-refractivity contribution in [3.05, 3.63) is 42.2 Å². The molecule has 0 saturated heterocycles. The fourth-order valence-corrected chi connectivity index (χ4v) is 2.17. The van der Waals surface area contributed by atoms with Gasteiger partial charge in [-0.3, -0.25) is 0 Å². The van der Waals surface area contributed by atoms with Crippen molar-refractivity contribution in [3.63, 3.8) is 0 Å². The van der Waals surface area contributed by atoms with Gasteiger partial charge in [0.05, 0.1) is 0 Å². The monoisotopic (exact) mass is 241 g/mol. The van der Waals surface area contributed by atoms with Crippen molar-refractivity contribution in [1.29, 1.82) is 0 Å². The average Bonchev–Trinajstić information content (AvgIpc) is 3.22. The van der Waals surface area contributed by atoms with Crippen LogP contribution in [0.4, 0.5) is 0 Å². The predicted octanol–water partition coefficient (Wildman–Crippen LogP) is 3.19. The molecule has 1 heterocycles. The standard InChI is InChI=1S/C15H15NO2/c1-10(11-6-7-11)18-15(17)14-13-5-3-2-4-12(13)8-9-16-14/h2-5,8-11H,6-7H2,1H3/t10-/m1/s1. The van der Waals surface area contributed by atoms with Crippen molar-refractivity contribution in [2.45, 2.75) is 25.9 Å². The molecule has 1 aromatic carbocycles. The highest BCUT2D eigenvalue weighted by Crippen LogP contribution is 2.34. The molecule has 0 radical (unpaired) electrons. The summed E-state index contributed by atoms with van der Waals surface area (Å²) >= 11 is 0. The lowest BCUT2D eigenvalue weighted by molar-refractivity contribution is 0.0290. The van der Waals surface area contributed by atoms with Gasteiger partial charge in [-0.15, -0.1) is 0 Å². The second-order valence-electron chi connectivity index (χ2n) is 4.83. The molecule has 1 aliphatic carbocycles. The Morgan fingerprint density at radius 2 is 2.11 bits per heavy atom. The van der Waals surface area contributed by atoms with Crippen molar-refractivity contribution in [2.24, 2.45) is 5.92 Å². The first kappa shape index (κ1) is 11.2. The highest BCUT2D eigenvalue weighted by molar-refractivity contribution is 6.02. The highest BCUT2D eigenvalue weighted by atomic mass is 16.5. The molecule has 2 aromatic rings. The second kappa shape index (κ2) is 4.41. The zero-order valence-electron chi connectivity index (χ0n) is 10.3. The molecule has 1 fully saturated rings. The zero-order chi connectivity index (χ0) is 12.5. The molecule has 3 heteroatoms. The second-order valence-corrected chi connectivity index (χ2v) is 4.83. The summed E-state index contributed by atoms with van der Waals surface area (Å²) in [7, 11) is 0. The summed E-state index contributed by atoms with van der Waals surface area (Å²) in [6, 6.07) is 9.63. The van der Waals surface area contributed by atoms with Gasteiger partial charge in [-0.1, -0.05) is 24.3 Å². The Balaban J connectivity index is 1.90. The van der Waals surface area contributed by atoms with Gasteiger partial charge >= 0.3 is 5.97 Å². The molecule has 0 N–H and O–H groups in total. The van der Waals surface area contributed by atoms with Crippen LogP contribution in [0.3, 0.4) is 0 Å². The van der Waals surface area contributed by atoms with Crippen LogP contribution in [0.25, 0.3) is 10.8 Å². The number of fused-ring (bicyclic) bond motifs is 1. The highest BCUT2D eigenvalue weighted by Gasteiger charge is 2.31. The number of pyridine rings is 1. The number of nitrogens with zero attached hydrogens (tertiary/aromatic N) is 1. The van der Waals surface area contributed by atoms with Crippen LogP contribution in [-0.2, 0) is 4.74 Å². The minimum absolute atomic E-state index is 0.00160. The molecule has 1 atom stereocenters. The van der Waals surface area contributed by atoms with E-state index in [-0.39, 0.29) is 12.1 Å². The maximum absolute atomic E-state index is 12.1. The van der Waals surface area contributed by atoms with E-state index in [2.05, 4.69) is 4.98 Å². The average molecular weight is 241 g/mol. The number of aromatic nitrogens is 1. The van der Waals surface area contributed by atoms with Crippen LogP contribution in [0.15, 0.2) is 36.5 Å². The van der Waals surface area contributed by atoms with Gasteiger partial charge in [-0.05, 0) is 37.1 Å². The summed E-state index contributed by atoms with van der Waals surface area (Å²) < 4.78 is 5.47. The fraction of sp³-hybridized carbons (Fsp3) is 0.333.